The van der Waals surface area contributed by atoms with E-state index in [1.165, 1.54) is 11.1 Å². The SMILES string of the molecule is CCn1c(SCc2ccccc2C)nnc1C(C)C. The molecule has 1 aromatic heterocycles. The van der Waals surface area contributed by atoms with E-state index in [1.807, 2.05) is 0 Å². The van der Waals surface area contributed by atoms with Gasteiger partial charge >= 0.3 is 0 Å². The Bertz CT molecular complexity index is 546. The minimum absolute atomic E-state index is 0.417. The quantitative estimate of drug-likeness (QED) is 0.772. The van der Waals surface area contributed by atoms with Crippen LogP contribution >= 0.6 is 11.8 Å². The number of thioether (sulfide) groups is 1. The Kier molecular flexibility index (Phi) is 4.64. The van der Waals surface area contributed by atoms with Crippen LogP contribution < -0.4 is 0 Å². The van der Waals surface area contributed by atoms with Crippen LogP contribution in [0.25, 0.3) is 0 Å². The molecule has 2 rings (SSSR count). The smallest absolute Gasteiger partial charge is 0.191 e. The van der Waals surface area contributed by atoms with E-state index in [2.05, 4.69) is 66.7 Å². The van der Waals surface area contributed by atoms with Gasteiger partial charge in [-0.25, -0.2) is 0 Å². The number of aryl methyl sites for hydroxylation is 1. The fourth-order valence-corrected chi connectivity index (χ4v) is 3.13. The second kappa shape index (κ2) is 6.24. The van der Waals surface area contributed by atoms with Crippen LogP contribution in [-0.4, -0.2) is 14.8 Å². The summed E-state index contributed by atoms with van der Waals surface area (Å²) in [6, 6.07) is 8.50. The lowest BCUT2D eigenvalue weighted by atomic mass is 10.1. The first-order valence-electron chi connectivity index (χ1n) is 6.73. The van der Waals surface area contributed by atoms with Crippen molar-refractivity contribution in [1.82, 2.24) is 14.8 Å². The lowest BCUT2D eigenvalue weighted by Crippen LogP contribution is -2.04. The molecule has 1 aromatic carbocycles. The predicted octanol–water partition coefficient (Wildman–Crippen LogP) is 4.02. The molecule has 0 saturated carbocycles. The molecule has 0 fully saturated rings. The first kappa shape index (κ1) is 14.1. The summed E-state index contributed by atoms with van der Waals surface area (Å²) in [6.07, 6.45) is 0. The maximum absolute atomic E-state index is 4.33. The molecule has 0 aliphatic heterocycles. The van der Waals surface area contributed by atoms with Gasteiger partial charge < -0.3 is 4.57 Å². The molecule has 0 amide bonds. The molecular weight excluding hydrogens is 254 g/mol. The van der Waals surface area contributed by atoms with Crippen molar-refractivity contribution in [3.63, 3.8) is 0 Å². The fourth-order valence-electron chi connectivity index (χ4n) is 2.05. The van der Waals surface area contributed by atoms with Gasteiger partial charge in [-0.3, -0.25) is 0 Å². The van der Waals surface area contributed by atoms with Crippen LogP contribution in [0, 0.1) is 6.92 Å². The Morgan fingerprint density at radius 3 is 2.58 bits per heavy atom. The summed E-state index contributed by atoms with van der Waals surface area (Å²) in [5.41, 5.74) is 2.70. The van der Waals surface area contributed by atoms with Crippen LogP contribution in [0.2, 0.25) is 0 Å². The summed E-state index contributed by atoms with van der Waals surface area (Å²) in [5, 5.41) is 9.66. The lowest BCUT2D eigenvalue weighted by Gasteiger charge is -2.09. The third-order valence-electron chi connectivity index (χ3n) is 3.20. The molecule has 0 atom stereocenters. The van der Waals surface area contributed by atoms with E-state index in [1.54, 1.807) is 11.8 Å². The molecule has 0 aliphatic rings. The zero-order valence-electron chi connectivity index (χ0n) is 12.1. The van der Waals surface area contributed by atoms with Gasteiger partial charge in [0, 0.05) is 18.2 Å². The van der Waals surface area contributed by atoms with Crippen molar-refractivity contribution in [1.29, 1.82) is 0 Å². The van der Waals surface area contributed by atoms with Gasteiger partial charge in [-0.05, 0) is 25.0 Å². The Morgan fingerprint density at radius 1 is 1.21 bits per heavy atom. The molecular formula is C15H21N3S. The Hall–Kier alpha value is -1.29. The van der Waals surface area contributed by atoms with Crippen LogP contribution in [-0.2, 0) is 12.3 Å². The Balaban J connectivity index is 2.14. The first-order valence-corrected chi connectivity index (χ1v) is 7.72. The van der Waals surface area contributed by atoms with Crippen LogP contribution in [0.3, 0.4) is 0 Å². The van der Waals surface area contributed by atoms with Crippen LogP contribution in [0.5, 0.6) is 0 Å². The Labute approximate surface area is 119 Å². The monoisotopic (exact) mass is 275 g/mol. The van der Waals surface area contributed by atoms with E-state index in [4.69, 9.17) is 0 Å². The van der Waals surface area contributed by atoms with Crippen molar-refractivity contribution in [3.8, 4) is 0 Å². The van der Waals surface area contributed by atoms with Crippen molar-refractivity contribution in [2.75, 3.05) is 0 Å². The minimum atomic E-state index is 0.417. The number of aromatic nitrogens is 3. The molecule has 0 aliphatic carbocycles. The van der Waals surface area contributed by atoms with Crippen molar-refractivity contribution >= 4 is 11.8 Å². The number of hydrogen-bond acceptors (Lipinski definition) is 3. The highest BCUT2D eigenvalue weighted by Gasteiger charge is 2.14. The Morgan fingerprint density at radius 2 is 1.95 bits per heavy atom. The maximum atomic E-state index is 4.33. The largest absolute Gasteiger partial charge is 0.306 e. The molecule has 0 saturated heterocycles. The highest BCUT2D eigenvalue weighted by atomic mass is 32.2. The minimum Gasteiger partial charge on any atom is -0.306 e. The lowest BCUT2D eigenvalue weighted by molar-refractivity contribution is 0.613. The zero-order chi connectivity index (χ0) is 13.8. The van der Waals surface area contributed by atoms with E-state index in [0.717, 1.165) is 23.3 Å². The summed E-state index contributed by atoms with van der Waals surface area (Å²) in [6.45, 7) is 9.54. The van der Waals surface area contributed by atoms with E-state index >= 15 is 0 Å². The zero-order valence-corrected chi connectivity index (χ0v) is 12.9. The standard InChI is InChI=1S/C15H21N3S/c1-5-18-14(11(2)3)16-17-15(18)19-10-13-9-7-6-8-12(13)4/h6-9,11H,5,10H2,1-4H3. The van der Waals surface area contributed by atoms with Crippen molar-refractivity contribution < 1.29 is 0 Å². The summed E-state index contributed by atoms with van der Waals surface area (Å²) in [5.74, 6) is 2.44. The number of nitrogens with zero attached hydrogens (tertiary/aromatic N) is 3. The molecule has 0 radical (unpaired) electrons. The van der Waals surface area contributed by atoms with Gasteiger partial charge in [0.25, 0.3) is 0 Å². The van der Waals surface area contributed by atoms with Crippen molar-refractivity contribution in [2.24, 2.45) is 0 Å². The van der Waals surface area contributed by atoms with Gasteiger partial charge in [-0.15, -0.1) is 10.2 Å². The molecule has 102 valence electrons. The second-order valence-corrected chi connectivity index (χ2v) is 5.90. The molecule has 2 aromatic rings. The first-order chi connectivity index (χ1) is 9.13. The van der Waals surface area contributed by atoms with E-state index in [0.29, 0.717) is 5.92 Å². The van der Waals surface area contributed by atoms with Gasteiger partial charge in [0.2, 0.25) is 0 Å². The average molecular weight is 275 g/mol. The topological polar surface area (TPSA) is 30.7 Å². The molecule has 1 heterocycles. The molecule has 0 spiro atoms. The van der Waals surface area contributed by atoms with Gasteiger partial charge in [0.1, 0.15) is 5.82 Å². The van der Waals surface area contributed by atoms with Crippen LogP contribution in [0.15, 0.2) is 29.4 Å². The number of benzene rings is 1. The van der Waals surface area contributed by atoms with E-state index in [9.17, 15) is 0 Å². The normalized spacial score (nSPS) is 11.2. The summed E-state index contributed by atoms with van der Waals surface area (Å²) >= 11 is 1.77. The van der Waals surface area contributed by atoms with E-state index < -0.39 is 0 Å². The molecule has 0 N–H and O–H groups in total. The molecule has 4 heteroatoms. The summed E-state index contributed by atoms with van der Waals surface area (Å²) < 4.78 is 2.22. The summed E-state index contributed by atoms with van der Waals surface area (Å²) in [4.78, 5) is 0. The molecule has 0 bridgehead atoms. The number of hydrogen-bond donors (Lipinski definition) is 0. The van der Waals surface area contributed by atoms with Gasteiger partial charge in [-0.1, -0.05) is 49.9 Å². The van der Waals surface area contributed by atoms with Crippen molar-refractivity contribution in [3.05, 3.63) is 41.2 Å². The predicted molar refractivity (Wildman–Crippen MR) is 80.5 cm³/mol. The van der Waals surface area contributed by atoms with Gasteiger partial charge in [0.05, 0.1) is 0 Å². The third kappa shape index (κ3) is 3.18. The molecule has 0 unspecified atom stereocenters. The highest BCUT2D eigenvalue weighted by molar-refractivity contribution is 7.98. The maximum Gasteiger partial charge on any atom is 0.191 e. The fraction of sp³-hybridized carbons (Fsp3) is 0.467. The second-order valence-electron chi connectivity index (χ2n) is 4.95. The average Bonchev–Trinajstić information content (AvgIpc) is 2.81. The number of rotatable bonds is 5. The molecule has 19 heavy (non-hydrogen) atoms. The van der Waals surface area contributed by atoms with Gasteiger partial charge in [0.15, 0.2) is 5.16 Å². The van der Waals surface area contributed by atoms with Crippen LogP contribution in [0.4, 0.5) is 0 Å². The third-order valence-corrected chi connectivity index (χ3v) is 4.21. The summed E-state index contributed by atoms with van der Waals surface area (Å²) in [7, 11) is 0. The highest BCUT2D eigenvalue weighted by Crippen LogP contribution is 2.25. The van der Waals surface area contributed by atoms with Crippen molar-refractivity contribution in [2.45, 2.75) is 51.1 Å². The van der Waals surface area contributed by atoms with E-state index in [-0.39, 0.29) is 0 Å². The molecule has 3 nitrogen and oxygen atoms in total. The van der Waals surface area contributed by atoms with Gasteiger partial charge in [-0.2, -0.15) is 0 Å². The van der Waals surface area contributed by atoms with Crippen LogP contribution in [0.1, 0.15) is 43.6 Å².